The second kappa shape index (κ2) is 10.4. The number of amides is 1. The van der Waals surface area contributed by atoms with Crippen LogP contribution in [0.3, 0.4) is 0 Å². The predicted molar refractivity (Wildman–Crippen MR) is 152 cm³/mol. The number of aromatic nitrogens is 1. The van der Waals surface area contributed by atoms with Crippen molar-refractivity contribution in [3.8, 4) is 0 Å². The maximum absolute atomic E-state index is 13.2. The molecule has 1 N–H and O–H groups in total. The van der Waals surface area contributed by atoms with Crippen molar-refractivity contribution in [3.63, 3.8) is 0 Å². The molecule has 6 rings (SSSR count). The Morgan fingerprint density at radius 2 is 1.82 bits per heavy atom. The number of rotatable bonds is 5. The molecule has 1 unspecified atom stereocenters. The van der Waals surface area contributed by atoms with Crippen LogP contribution in [-0.2, 0) is 4.79 Å². The van der Waals surface area contributed by atoms with Crippen LogP contribution in [0.15, 0.2) is 36.2 Å². The van der Waals surface area contributed by atoms with Crippen molar-refractivity contribution in [2.45, 2.75) is 110 Å². The monoisotopic (exact) mass is 518 g/mol. The summed E-state index contributed by atoms with van der Waals surface area (Å²) in [4.78, 5) is 19.5. The summed E-state index contributed by atoms with van der Waals surface area (Å²) in [6.45, 7) is 9.41. The summed E-state index contributed by atoms with van der Waals surface area (Å²) in [7, 11) is 0. The van der Waals surface area contributed by atoms with Crippen molar-refractivity contribution in [3.05, 3.63) is 41.7 Å². The highest BCUT2D eigenvalue weighted by atomic mass is 16.3. The number of carbonyl (C=O) groups excluding carboxylic acids is 1. The highest BCUT2D eigenvalue weighted by Gasteiger charge is 2.59. The van der Waals surface area contributed by atoms with Crippen LogP contribution in [0.25, 0.3) is 0 Å². The first-order valence-corrected chi connectivity index (χ1v) is 15.8. The minimum atomic E-state index is -0.119. The molecule has 3 saturated carbocycles. The molecule has 1 aliphatic heterocycles. The first kappa shape index (κ1) is 26.5. The summed E-state index contributed by atoms with van der Waals surface area (Å²) in [6.07, 6.45) is 19.9. The molecular formula is C34H50N2O2. The van der Waals surface area contributed by atoms with Gasteiger partial charge in [0, 0.05) is 31.9 Å². The normalized spacial score (nSPS) is 40.1. The first-order valence-electron chi connectivity index (χ1n) is 15.8. The lowest BCUT2D eigenvalue weighted by Crippen LogP contribution is -2.50. The van der Waals surface area contributed by atoms with Gasteiger partial charge < -0.3 is 10.0 Å². The Balaban J connectivity index is 1.04. The summed E-state index contributed by atoms with van der Waals surface area (Å²) < 4.78 is 0. The molecule has 4 fully saturated rings. The Kier molecular flexibility index (Phi) is 7.25. The van der Waals surface area contributed by atoms with Crippen LogP contribution < -0.4 is 0 Å². The zero-order chi connectivity index (χ0) is 26.5. The van der Waals surface area contributed by atoms with Crippen LogP contribution in [0.4, 0.5) is 0 Å². The minimum Gasteiger partial charge on any atom is -0.393 e. The van der Waals surface area contributed by atoms with Gasteiger partial charge in [-0.3, -0.25) is 9.78 Å². The quantitative estimate of drug-likeness (QED) is 0.421. The molecule has 1 aromatic heterocycles. The van der Waals surface area contributed by atoms with Gasteiger partial charge in [-0.25, -0.2) is 0 Å². The molecule has 1 aromatic rings. The van der Waals surface area contributed by atoms with E-state index in [2.05, 4.69) is 48.9 Å². The van der Waals surface area contributed by atoms with E-state index < -0.39 is 0 Å². The van der Waals surface area contributed by atoms with Gasteiger partial charge in [0.25, 0.3) is 0 Å². The molecule has 0 aromatic carbocycles. The second-order valence-corrected chi connectivity index (χ2v) is 14.3. The summed E-state index contributed by atoms with van der Waals surface area (Å²) in [6, 6.07) is 4.27. The number of aliphatic hydroxyl groups excluding tert-OH is 1. The van der Waals surface area contributed by atoms with Gasteiger partial charge in [0.2, 0.25) is 5.91 Å². The van der Waals surface area contributed by atoms with Crippen LogP contribution >= 0.6 is 0 Å². The van der Waals surface area contributed by atoms with Crippen LogP contribution in [0.2, 0.25) is 0 Å². The van der Waals surface area contributed by atoms with E-state index in [0.29, 0.717) is 28.6 Å². The molecule has 1 amide bonds. The van der Waals surface area contributed by atoms with Crippen molar-refractivity contribution in [2.75, 3.05) is 13.1 Å². The van der Waals surface area contributed by atoms with Crippen molar-refractivity contribution >= 4 is 5.91 Å². The molecule has 1 saturated heterocycles. The van der Waals surface area contributed by atoms with E-state index in [0.717, 1.165) is 75.3 Å². The molecule has 0 spiro atoms. The van der Waals surface area contributed by atoms with E-state index in [-0.39, 0.29) is 6.10 Å². The minimum absolute atomic E-state index is 0.119. The Bertz CT molecular complexity index is 1030. The van der Waals surface area contributed by atoms with E-state index in [1.807, 2.05) is 12.4 Å². The lowest BCUT2D eigenvalue weighted by atomic mass is 9.47. The smallest absolute Gasteiger partial charge is 0.222 e. The fourth-order valence-electron chi connectivity index (χ4n) is 10.4. The highest BCUT2D eigenvalue weighted by Crippen LogP contribution is 2.67. The number of nitrogens with zero attached hydrogens (tertiary/aromatic N) is 2. The van der Waals surface area contributed by atoms with Crippen LogP contribution in [0.1, 0.15) is 109 Å². The maximum Gasteiger partial charge on any atom is 0.222 e. The summed E-state index contributed by atoms with van der Waals surface area (Å²) >= 11 is 0. The number of fused-ring (bicyclic) bond motifs is 5. The zero-order valence-electron chi connectivity index (χ0n) is 24.1. The Morgan fingerprint density at radius 3 is 2.58 bits per heavy atom. The van der Waals surface area contributed by atoms with Crippen molar-refractivity contribution in [1.29, 1.82) is 0 Å². The number of hydrogen-bond acceptors (Lipinski definition) is 3. The molecule has 2 heterocycles. The number of piperidine rings is 1. The molecule has 5 aliphatic rings. The van der Waals surface area contributed by atoms with Crippen molar-refractivity contribution in [1.82, 2.24) is 9.88 Å². The second-order valence-electron chi connectivity index (χ2n) is 14.3. The molecule has 0 bridgehead atoms. The molecule has 4 heteroatoms. The Labute approximate surface area is 230 Å². The Morgan fingerprint density at radius 1 is 1.05 bits per heavy atom. The Hall–Kier alpha value is -1.68. The standard InChI is InChI=1S/C34H50N2O2/c1-23(4-9-32(38)36-20-14-25(15-21-36)24-12-18-35-19-13-24)29-7-8-30-28-6-5-26-22-27(37)10-16-33(26,2)31(28)11-17-34(29,30)3/h5,12-13,18-19,23,25,27-31,37H,4,6-11,14-17,20-22H2,1-3H3/t23?,27-,28-,29+,30-,31-,33-,34+/m0/s1. The van der Waals surface area contributed by atoms with Crippen LogP contribution in [0.5, 0.6) is 0 Å². The van der Waals surface area contributed by atoms with Gasteiger partial charge >= 0.3 is 0 Å². The largest absolute Gasteiger partial charge is 0.393 e. The van der Waals surface area contributed by atoms with Gasteiger partial charge in [-0.2, -0.15) is 0 Å². The molecule has 38 heavy (non-hydrogen) atoms. The average Bonchev–Trinajstić information content (AvgIpc) is 3.30. The summed E-state index contributed by atoms with van der Waals surface area (Å²) in [5.41, 5.74) is 3.71. The average molecular weight is 519 g/mol. The fraction of sp³-hybridized carbons (Fsp3) is 0.765. The topological polar surface area (TPSA) is 53.4 Å². The van der Waals surface area contributed by atoms with Crippen molar-refractivity contribution in [2.24, 2.45) is 40.4 Å². The van der Waals surface area contributed by atoms with Crippen LogP contribution in [-0.4, -0.2) is 40.1 Å². The first-order chi connectivity index (χ1) is 18.3. The fourth-order valence-corrected chi connectivity index (χ4v) is 10.4. The SMILES string of the molecule is CC(CCC(=O)N1CCC(c2ccncc2)CC1)[C@H]1CC[C@H]2[C@@H]3CC=C4C[C@@H](O)CC[C@]4(C)[C@H]3CC[C@]12C. The van der Waals surface area contributed by atoms with E-state index >= 15 is 0 Å². The molecule has 0 radical (unpaired) electrons. The number of aliphatic hydroxyl groups is 1. The maximum atomic E-state index is 13.2. The van der Waals surface area contributed by atoms with Gasteiger partial charge in [0.05, 0.1) is 6.10 Å². The van der Waals surface area contributed by atoms with E-state index in [1.54, 1.807) is 5.57 Å². The van der Waals surface area contributed by atoms with Gasteiger partial charge in [-0.05, 0) is 135 Å². The van der Waals surface area contributed by atoms with Gasteiger partial charge in [0.1, 0.15) is 0 Å². The number of allylic oxidation sites excluding steroid dienone is 1. The van der Waals surface area contributed by atoms with Crippen molar-refractivity contribution < 1.29 is 9.90 Å². The predicted octanol–water partition coefficient (Wildman–Crippen LogP) is 7.14. The van der Waals surface area contributed by atoms with Crippen LogP contribution in [0, 0.1) is 40.4 Å². The molecule has 4 nitrogen and oxygen atoms in total. The molecule has 8 atom stereocenters. The molecule has 208 valence electrons. The number of carbonyl (C=O) groups is 1. The lowest BCUT2D eigenvalue weighted by Gasteiger charge is -2.58. The molecular weight excluding hydrogens is 468 g/mol. The van der Waals surface area contributed by atoms with Gasteiger partial charge in [-0.1, -0.05) is 32.4 Å². The zero-order valence-corrected chi connectivity index (χ0v) is 24.1. The van der Waals surface area contributed by atoms with E-state index in [4.69, 9.17) is 0 Å². The lowest BCUT2D eigenvalue weighted by molar-refractivity contribution is -0.132. The number of pyridine rings is 1. The summed E-state index contributed by atoms with van der Waals surface area (Å²) in [5.74, 6) is 4.78. The van der Waals surface area contributed by atoms with Gasteiger partial charge in [-0.15, -0.1) is 0 Å². The van der Waals surface area contributed by atoms with E-state index in [9.17, 15) is 9.90 Å². The van der Waals surface area contributed by atoms with E-state index in [1.165, 1.54) is 44.1 Å². The van der Waals surface area contributed by atoms with Gasteiger partial charge in [0.15, 0.2) is 0 Å². The highest BCUT2D eigenvalue weighted by molar-refractivity contribution is 5.76. The summed E-state index contributed by atoms with van der Waals surface area (Å²) in [5, 5.41) is 10.3. The number of likely N-dealkylation sites (tertiary alicyclic amines) is 1. The molecule has 4 aliphatic carbocycles. The third-order valence-corrected chi connectivity index (χ3v) is 12.7. The third-order valence-electron chi connectivity index (χ3n) is 12.7. The number of hydrogen-bond donors (Lipinski definition) is 1. The third kappa shape index (κ3) is 4.57.